The normalized spacial score (nSPS) is 19.1. The summed E-state index contributed by atoms with van der Waals surface area (Å²) in [6.45, 7) is 1.12. The van der Waals surface area contributed by atoms with Crippen molar-refractivity contribution >= 4 is 53.5 Å². The van der Waals surface area contributed by atoms with Gasteiger partial charge < -0.3 is 31.9 Å². The van der Waals surface area contributed by atoms with Gasteiger partial charge in [-0.05, 0) is 24.0 Å². The average Bonchev–Trinajstić information content (AvgIpc) is 3.18. The second kappa shape index (κ2) is 12.7. The monoisotopic (exact) mass is 559 g/mol. The number of aliphatic carboxylic acids is 2. The molecule has 214 valence electrons. The number of carboxylic acid groups (broad SMARTS) is 2. The zero-order chi connectivity index (χ0) is 29.6. The number of primary amides is 1. The number of rotatable bonds is 11. The number of nitrogens with two attached hydrogens (primary N) is 1. The highest BCUT2D eigenvalue weighted by molar-refractivity contribution is 6.08. The van der Waals surface area contributed by atoms with Crippen LogP contribution < -0.4 is 32.0 Å². The fourth-order valence-electron chi connectivity index (χ4n) is 4.68. The minimum Gasteiger partial charge on any atom is -0.481 e. The molecule has 0 fully saturated rings. The molecule has 0 aromatic heterocycles. The van der Waals surface area contributed by atoms with E-state index >= 15 is 0 Å². The van der Waals surface area contributed by atoms with Crippen LogP contribution in [0.3, 0.4) is 0 Å². The number of nitrogens with zero attached hydrogens (tertiary/aromatic N) is 2. The first-order valence-electron chi connectivity index (χ1n) is 12.2. The fraction of sp³-hybridized carbons (Fsp3) is 0.417. The lowest BCUT2D eigenvalue weighted by atomic mass is 10.0. The third-order valence-corrected chi connectivity index (χ3v) is 6.25. The first-order chi connectivity index (χ1) is 18.9. The van der Waals surface area contributed by atoms with Crippen molar-refractivity contribution < 1.29 is 43.8 Å². The maximum Gasteiger partial charge on any atom is 0.332 e. The van der Waals surface area contributed by atoms with Crippen LogP contribution in [0.25, 0.3) is 0 Å². The van der Waals surface area contributed by atoms with Crippen molar-refractivity contribution in [2.75, 3.05) is 4.90 Å². The summed E-state index contributed by atoms with van der Waals surface area (Å²) < 4.78 is 0. The summed E-state index contributed by atoms with van der Waals surface area (Å²) in [5, 5.41) is 29.1. The molecule has 2 aliphatic rings. The number of aryl methyl sites for hydroxylation is 1. The van der Waals surface area contributed by atoms with E-state index in [2.05, 4.69) is 21.1 Å². The third-order valence-electron chi connectivity index (χ3n) is 6.25. The van der Waals surface area contributed by atoms with Gasteiger partial charge in [-0.1, -0.05) is 18.2 Å². The Morgan fingerprint density at radius 3 is 2.40 bits per heavy atom. The minimum atomic E-state index is -1.42. The molecule has 0 aliphatic carbocycles. The highest BCUT2D eigenvalue weighted by Gasteiger charge is 2.44. The number of carbonyl (C=O) groups excluding carboxylic acids is 5. The van der Waals surface area contributed by atoms with Crippen LogP contribution in [-0.4, -0.2) is 82.2 Å². The van der Waals surface area contributed by atoms with Gasteiger partial charge in [0.1, 0.15) is 18.1 Å². The maximum absolute atomic E-state index is 13.7. The molecule has 4 atom stereocenters. The number of urea groups is 1. The van der Waals surface area contributed by atoms with E-state index in [1.54, 1.807) is 18.2 Å². The number of hydrogen-bond acceptors (Lipinski definition) is 8. The van der Waals surface area contributed by atoms with Crippen molar-refractivity contribution in [1.29, 1.82) is 0 Å². The largest absolute Gasteiger partial charge is 0.481 e. The molecule has 1 aromatic rings. The van der Waals surface area contributed by atoms with Crippen molar-refractivity contribution in [2.24, 2.45) is 10.8 Å². The average molecular weight is 560 g/mol. The SMILES string of the molecule is CC(=O)N[C@@H](CC(=O)O)C(=O)NC1CCc2cccc3c2N(C1=O)[C@H](C(=O)N[C@H](/C=N/NC(N)=O)CC(=O)O)C3. The molecule has 8 N–H and O–H groups in total. The maximum atomic E-state index is 13.7. The molecule has 40 heavy (non-hydrogen) atoms. The first kappa shape index (κ1) is 29.5. The number of amides is 6. The Kier molecular flexibility index (Phi) is 9.37. The Bertz CT molecular complexity index is 1250. The molecular weight excluding hydrogens is 530 g/mol. The Labute approximate surface area is 227 Å². The van der Waals surface area contributed by atoms with Gasteiger partial charge in [0.05, 0.1) is 24.6 Å². The van der Waals surface area contributed by atoms with Gasteiger partial charge >= 0.3 is 18.0 Å². The number of hydrogen-bond donors (Lipinski definition) is 7. The molecule has 1 aromatic carbocycles. The molecule has 0 radical (unpaired) electrons. The topological polar surface area (TPSA) is 250 Å². The van der Waals surface area contributed by atoms with Gasteiger partial charge in [-0.15, -0.1) is 0 Å². The quantitative estimate of drug-likeness (QED) is 0.116. The lowest BCUT2D eigenvalue weighted by molar-refractivity contribution is -0.141. The van der Waals surface area contributed by atoms with E-state index in [4.69, 9.17) is 10.8 Å². The van der Waals surface area contributed by atoms with Crippen LogP contribution in [0.5, 0.6) is 0 Å². The molecule has 2 aliphatic heterocycles. The molecule has 16 nitrogen and oxygen atoms in total. The van der Waals surface area contributed by atoms with Gasteiger partial charge in [0, 0.05) is 19.6 Å². The Morgan fingerprint density at radius 1 is 1.10 bits per heavy atom. The van der Waals surface area contributed by atoms with Crippen molar-refractivity contribution in [3.05, 3.63) is 29.3 Å². The van der Waals surface area contributed by atoms with E-state index in [0.29, 0.717) is 17.7 Å². The number of benzene rings is 1. The van der Waals surface area contributed by atoms with Crippen LogP contribution in [0.4, 0.5) is 10.5 Å². The van der Waals surface area contributed by atoms with E-state index < -0.39 is 78.6 Å². The molecule has 6 amide bonds. The summed E-state index contributed by atoms with van der Waals surface area (Å²) in [6, 6.07) is -0.545. The predicted octanol–water partition coefficient (Wildman–Crippen LogP) is -2.03. The van der Waals surface area contributed by atoms with E-state index in [-0.39, 0.29) is 12.8 Å². The molecule has 2 heterocycles. The summed E-state index contributed by atoms with van der Waals surface area (Å²) in [4.78, 5) is 86.1. The number of para-hydroxylation sites is 1. The fourth-order valence-corrected chi connectivity index (χ4v) is 4.68. The van der Waals surface area contributed by atoms with Gasteiger partial charge in [0.25, 0.3) is 0 Å². The smallest absolute Gasteiger partial charge is 0.332 e. The molecule has 0 spiro atoms. The van der Waals surface area contributed by atoms with Crippen molar-refractivity contribution in [3.63, 3.8) is 0 Å². The van der Waals surface area contributed by atoms with Crippen molar-refractivity contribution in [1.82, 2.24) is 21.4 Å². The van der Waals surface area contributed by atoms with Gasteiger partial charge in [-0.25, -0.2) is 10.2 Å². The highest BCUT2D eigenvalue weighted by atomic mass is 16.4. The summed E-state index contributed by atoms with van der Waals surface area (Å²) in [5.41, 5.74) is 8.80. The summed E-state index contributed by atoms with van der Waals surface area (Å²) in [6.07, 6.45) is 0.290. The Balaban J connectivity index is 1.86. The van der Waals surface area contributed by atoms with Crippen LogP contribution in [0, 0.1) is 0 Å². The second-order valence-corrected chi connectivity index (χ2v) is 9.27. The number of anilines is 1. The summed E-state index contributed by atoms with van der Waals surface area (Å²) in [5.74, 6) is -5.44. The molecular formula is C24H29N7O9. The number of carbonyl (C=O) groups is 7. The lowest BCUT2D eigenvalue weighted by Gasteiger charge is -2.29. The predicted molar refractivity (Wildman–Crippen MR) is 137 cm³/mol. The number of carboxylic acids is 2. The summed E-state index contributed by atoms with van der Waals surface area (Å²) >= 11 is 0. The number of hydrazone groups is 1. The van der Waals surface area contributed by atoms with Crippen LogP contribution >= 0.6 is 0 Å². The Morgan fingerprint density at radius 2 is 1.77 bits per heavy atom. The number of nitrogens with one attached hydrogen (secondary N) is 4. The zero-order valence-corrected chi connectivity index (χ0v) is 21.4. The van der Waals surface area contributed by atoms with Crippen LogP contribution in [0.1, 0.15) is 37.3 Å². The lowest BCUT2D eigenvalue weighted by Crippen LogP contribution is -2.58. The van der Waals surface area contributed by atoms with Crippen LogP contribution in [0.2, 0.25) is 0 Å². The molecule has 0 saturated carbocycles. The van der Waals surface area contributed by atoms with Gasteiger partial charge in [0.2, 0.25) is 23.6 Å². The van der Waals surface area contributed by atoms with E-state index in [0.717, 1.165) is 18.7 Å². The summed E-state index contributed by atoms with van der Waals surface area (Å²) in [7, 11) is 0. The molecule has 3 rings (SSSR count). The molecule has 1 unspecified atom stereocenters. The van der Waals surface area contributed by atoms with Gasteiger partial charge in [-0.2, -0.15) is 5.10 Å². The molecule has 16 heteroatoms. The van der Waals surface area contributed by atoms with E-state index in [1.807, 2.05) is 5.43 Å². The van der Waals surface area contributed by atoms with Gasteiger partial charge in [0.15, 0.2) is 0 Å². The zero-order valence-electron chi connectivity index (χ0n) is 21.4. The Hall–Kier alpha value is -5.02. The van der Waals surface area contributed by atoms with Crippen LogP contribution in [-0.2, 0) is 41.6 Å². The highest BCUT2D eigenvalue weighted by Crippen LogP contribution is 2.39. The van der Waals surface area contributed by atoms with Crippen LogP contribution in [0.15, 0.2) is 23.3 Å². The molecule has 0 saturated heterocycles. The van der Waals surface area contributed by atoms with E-state index in [1.165, 1.54) is 4.90 Å². The first-order valence-corrected chi connectivity index (χ1v) is 12.2. The third kappa shape index (κ3) is 7.30. The minimum absolute atomic E-state index is 0.103. The van der Waals surface area contributed by atoms with Gasteiger partial charge in [-0.3, -0.25) is 33.7 Å². The second-order valence-electron chi connectivity index (χ2n) is 9.27. The van der Waals surface area contributed by atoms with Crippen molar-refractivity contribution in [2.45, 2.75) is 63.2 Å². The molecule has 0 bridgehead atoms. The van der Waals surface area contributed by atoms with Crippen molar-refractivity contribution in [3.8, 4) is 0 Å². The van der Waals surface area contributed by atoms with E-state index in [9.17, 15) is 38.7 Å². The standard InChI is InChI=1S/C24H29N7O9/c1-11(32)27-16(9-19(35)36)21(37)29-15-6-5-12-3-2-4-13-7-17(31(20(12)13)23(15)39)22(38)28-14(8-18(33)34)10-26-30-24(25)40/h2-4,10,14-17H,5-9H2,1H3,(H,27,32)(H,28,38)(H,29,37)(H,33,34)(H,35,36)(H3,25,30,40)/b26-10+/t14-,15?,16-,17-/m0/s1.